The second kappa shape index (κ2) is 9.32. The maximum absolute atomic E-state index is 12.2. The SMILES string of the molecule is CC(C)NS(=O)(=O)Nc1ccc(-c2c(N)c3ccc(Oc4nccnc4N)cc3n2C2CCC2)cc1. The van der Waals surface area contributed by atoms with Crippen molar-refractivity contribution in [2.75, 3.05) is 16.2 Å². The molecule has 188 valence electrons. The van der Waals surface area contributed by atoms with Gasteiger partial charge in [0.2, 0.25) is 0 Å². The number of nitrogen functional groups attached to an aromatic ring is 2. The molecule has 1 fully saturated rings. The van der Waals surface area contributed by atoms with Crippen LogP contribution in [0, 0.1) is 0 Å². The number of fused-ring (bicyclic) bond motifs is 1. The van der Waals surface area contributed by atoms with E-state index < -0.39 is 10.2 Å². The van der Waals surface area contributed by atoms with Crippen LogP contribution < -0.4 is 25.6 Å². The number of nitrogens with zero attached hydrogens (tertiary/aromatic N) is 3. The normalized spacial score (nSPS) is 14.2. The van der Waals surface area contributed by atoms with Crippen LogP contribution in [0.4, 0.5) is 17.2 Å². The van der Waals surface area contributed by atoms with Gasteiger partial charge >= 0.3 is 0 Å². The van der Waals surface area contributed by atoms with Gasteiger partial charge in [-0.25, -0.2) is 9.97 Å². The number of hydrogen-bond donors (Lipinski definition) is 4. The van der Waals surface area contributed by atoms with E-state index in [2.05, 4.69) is 24.0 Å². The third-order valence-electron chi connectivity index (χ3n) is 6.16. The van der Waals surface area contributed by atoms with Crippen molar-refractivity contribution in [3.05, 3.63) is 54.9 Å². The molecule has 0 radical (unpaired) electrons. The molecule has 1 saturated carbocycles. The fourth-order valence-corrected chi connectivity index (χ4v) is 5.54. The molecule has 4 aromatic rings. The highest BCUT2D eigenvalue weighted by molar-refractivity contribution is 7.90. The van der Waals surface area contributed by atoms with Crippen molar-refractivity contribution in [3.63, 3.8) is 0 Å². The summed E-state index contributed by atoms with van der Waals surface area (Å²) in [7, 11) is -3.65. The summed E-state index contributed by atoms with van der Waals surface area (Å²) in [5.74, 6) is 1.05. The lowest BCUT2D eigenvalue weighted by molar-refractivity contribution is 0.324. The molecular weight excluding hydrogens is 478 g/mol. The Morgan fingerprint density at radius 2 is 1.78 bits per heavy atom. The smallest absolute Gasteiger partial charge is 0.299 e. The molecule has 11 heteroatoms. The van der Waals surface area contributed by atoms with E-state index in [0.29, 0.717) is 23.2 Å². The van der Waals surface area contributed by atoms with Gasteiger partial charge in [0.1, 0.15) is 5.75 Å². The van der Waals surface area contributed by atoms with Gasteiger partial charge in [0.25, 0.3) is 16.1 Å². The van der Waals surface area contributed by atoms with Crippen LogP contribution >= 0.6 is 0 Å². The Labute approximate surface area is 209 Å². The summed E-state index contributed by atoms with van der Waals surface area (Å²) in [5, 5.41) is 0.919. The predicted molar refractivity (Wildman–Crippen MR) is 142 cm³/mol. The Kier molecular flexibility index (Phi) is 6.19. The quantitative estimate of drug-likeness (QED) is 0.275. The van der Waals surface area contributed by atoms with Crippen LogP contribution in [-0.4, -0.2) is 29.0 Å². The molecule has 2 aromatic carbocycles. The second-order valence-corrected chi connectivity index (χ2v) is 10.6. The Bertz CT molecular complexity index is 1510. The van der Waals surface area contributed by atoms with Gasteiger partial charge in [-0.2, -0.15) is 13.1 Å². The first-order chi connectivity index (χ1) is 17.2. The number of benzene rings is 2. The Hall–Kier alpha value is -3.83. The summed E-state index contributed by atoms with van der Waals surface area (Å²) in [5.41, 5.74) is 16.5. The van der Waals surface area contributed by atoms with Crippen LogP contribution in [0.3, 0.4) is 0 Å². The largest absolute Gasteiger partial charge is 0.436 e. The highest BCUT2D eigenvalue weighted by atomic mass is 32.2. The van der Waals surface area contributed by atoms with E-state index in [4.69, 9.17) is 16.2 Å². The average Bonchev–Trinajstić information content (AvgIpc) is 3.05. The van der Waals surface area contributed by atoms with E-state index >= 15 is 0 Å². The van der Waals surface area contributed by atoms with E-state index in [0.717, 1.165) is 41.4 Å². The predicted octanol–water partition coefficient (Wildman–Crippen LogP) is 4.43. The van der Waals surface area contributed by atoms with Crippen molar-refractivity contribution >= 4 is 38.3 Å². The summed E-state index contributed by atoms with van der Waals surface area (Å²) < 4.78 is 37.7. The molecule has 0 atom stereocenters. The molecule has 0 amide bonds. The zero-order valence-electron chi connectivity index (χ0n) is 20.1. The lowest BCUT2D eigenvalue weighted by Crippen LogP contribution is -2.35. The van der Waals surface area contributed by atoms with Crippen molar-refractivity contribution in [1.82, 2.24) is 19.3 Å². The van der Waals surface area contributed by atoms with Crippen molar-refractivity contribution in [2.45, 2.75) is 45.2 Å². The molecule has 5 rings (SSSR count). The van der Waals surface area contributed by atoms with Crippen molar-refractivity contribution in [3.8, 4) is 22.9 Å². The molecule has 0 bridgehead atoms. The highest BCUT2D eigenvalue weighted by Gasteiger charge is 2.27. The molecule has 6 N–H and O–H groups in total. The van der Waals surface area contributed by atoms with E-state index in [-0.39, 0.29) is 17.7 Å². The highest BCUT2D eigenvalue weighted by Crippen LogP contribution is 2.45. The molecule has 1 aliphatic carbocycles. The topological polar surface area (TPSA) is 150 Å². The Morgan fingerprint density at radius 3 is 2.42 bits per heavy atom. The van der Waals surface area contributed by atoms with Gasteiger partial charge in [0.05, 0.1) is 16.9 Å². The minimum absolute atomic E-state index is 0.209. The van der Waals surface area contributed by atoms with Gasteiger partial charge in [-0.05, 0) is 57.4 Å². The van der Waals surface area contributed by atoms with Crippen molar-refractivity contribution in [1.29, 1.82) is 0 Å². The number of nitrogens with one attached hydrogen (secondary N) is 2. The van der Waals surface area contributed by atoms with Crippen LogP contribution in [-0.2, 0) is 10.2 Å². The fraction of sp³-hybridized carbons (Fsp3) is 0.280. The number of ether oxygens (including phenoxy) is 1. The van der Waals surface area contributed by atoms with Crippen LogP contribution in [0.2, 0.25) is 0 Å². The molecule has 1 aliphatic rings. The third kappa shape index (κ3) is 4.67. The van der Waals surface area contributed by atoms with Crippen molar-refractivity contribution < 1.29 is 13.2 Å². The zero-order valence-corrected chi connectivity index (χ0v) is 20.9. The van der Waals surface area contributed by atoms with Crippen molar-refractivity contribution in [2.24, 2.45) is 0 Å². The average molecular weight is 508 g/mol. The molecule has 0 unspecified atom stereocenters. The van der Waals surface area contributed by atoms with Gasteiger partial charge < -0.3 is 20.8 Å². The van der Waals surface area contributed by atoms with Crippen LogP contribution in [0.15, 0.2) is 54.9 Å². The lowest BCUT2D eigenvalue weighted by Gasteiger charge is -2.30. The minimum atomic E-state index is -3.65. The van der Waals surface area contributed by atoms with Crippen LogP contribution in [0.25, 0.3) is 22.2 Å². The lowest BCUT2D eigenvalue weighted by atomic mass is 9.92. The molecule has 2 heterocycles. The van der Waals surface area contributed by atoms with Crippen LogP contribution in [0.5, 0.6) is 11.6 Å². The number of anilines is 3. The summed E-state index contributed by atoms with van der Waals surface area (Å²) in [6.07, 6.45) is 6.30. The van der Waals surface area contributed by atoms with E-state index in [9.17, 15) is 8.42 Å². The Morgan fingerprint density at radius 1 is 1.06 bits per heavy atom. The number of aromatic nitrogens is 3. The van der Waals surface area contributed by atoms with E-state index in [1.54, 1.807) is 26.0 Å². The van der Waals surface area contributed by atoms with Gasteiger partial charge in [0.15, 0.2) is 5.82 Å². The first-order valence-electron chi connectivity index (χ1n) is 11.8. The second-order valence-electron chi connectivity index (χ2n) is 9.20. The monoisotopic (exact) mass is 507 g/mol. The summed E-state index contributed by atoms with van der Waals surface area (Å²) in [4.78, 5) is 8.19. The number of nitrogens with two attached hydrogens (primary N) is 2. The number of hydrogen-bond acceptors (Lipinski definition) is 7. The molecule has 0 saturated heterocycles. The van der Waals surface area contributed by atoms with Gasteiger partial charge in [0, 0.05) is 47.2 Å². The first kappa shape index (κ1) is 23.9. The molecule has 2 aromatic heterocycles. The molecule has 10 nitrogen and oxygen atoms in total. The maximum Gasteiger partial charge on any atom is 0.299 e. The maximum atomic E-state index is 12.2. The number of rotatable bonds is 8. The molecule has 0 spiro atoms. The molecule has 36 heavy (non-hydrogen) atoms. The van der Waals surface area contributed by atoms with Gasteiger partial charge in [-0.15, -0.1) is 0 Å². The molecule has 0 aliphatic heterocycles. The third-order valence-corrected chi connectivity index (χ3v) is 7.45. The standard InChI is InChI=1S/C25H29N7O3S/c1-15(2)30-36(33,34)31-17-8-6-16(7-9-17)23-22(26)20-11-10-19(35-25-24(27)28-12-13-29-25)14-21(20)32(23)18-4-3-5-18/h6-15,18,30-31H,3-5,26H2,1-2H3,(H2,27,28). The molecular formula is C25H29N7O3S. The first-order valence-corrected chi connectivity index (χ1v) is 13.3. The summed E-state index contributed by atoms with van der Waals surface area (Å²) >= 11 is 0. The zero-order chi connectivity index (χ0) is 25.4. The van der Waals surface area contributed by atoms with Gasteiger partial charge in [-0.1, -0.05) is 12.1 Å². The fourth-order valence-electron chi connectivity index (χ4n) is 4.42. The van der Waals surface area contributed by atoms with E-state index in [1.807, 2.05) is 30.3 Å². The van der Waals surface area contributed by atoms with Crippen LogP contribution in [0.1, 0.15) is 39.2 Å². The summed E-state index contributed by atoms with van der Waals surface area (Å²) in [6.45, 7) is 3.53. The summed E-state index contributed by atoms with van der Waals surface area (Å²) in [6, 6.07) is 13.1. The van der Waals surface area contributed by atoms with Gasteiger partial charge in [-0.3, -0.25) is 4.72 Å². The van der Waals surface area contributed by atoms with E-state index in [1.165, 1.54) is 12.4 Å². The minimum Gasteiger partial charge on any atom is -0.436 e. The Balaban J connectivity index is 1.53.